The third-order valence-electron chi connectivity index (χ3n) is 5.10. The van der Waals surface area contributed by atoms with Crippen LogP contribution in [0, 0.1) is 13.8 Å². The molecule has 0 aliphatic carbocycles. The minimum atomic E-state index is -1.35. The van der Waals surface area contributed by atoms with Gasteiger partial charge in [-0.3, -0.25) is 9.69 Å². The van der Waals surface area contributed by atoms with E-state index in [4.69, 9.17) is 9.73 Å². The molecular weight excluding hydrogens is 436 g/mol. The summed E-state index contributed by atoms with van der Waals surface area (Å²) < 4.78 is 5.09. The first-order valence-corrected chi connectivity index (χ1v) is 11.0. The van der Waals surface area contributed by atoms with Crippen molar-refractivity contribution in [1.29, 1.82) is 0 Å². The van der Waals surface area contributed by atoms with Crippen LogP contribution in [0.15, 0.2) is 76.6 Å². The minimum absolute atomic E-state index is 0.0776. The number of carbonyl (C=O) groups excluding carboxylic acids is 2. The zero-order chi connectivity index (χ0) is 23.5. The highest BCUT2D eigenvalue weighted by Gasteiger charge is 2.34. The molecule has 1 saturated heterocycles. The molecule has 0 spiro atoms. The fourth-order valence-electron chi connectivity index (χ4n) is 3.33. The van der Waals surface area contributed by atoms with E-state index in [1.807, 2.05) is 62.4 Å². The first-order valence-electron chi connectivity index (χ1n) is 10.2. The highest BCUT2D eigenvalue weighted by Crippen LogP contribution is 2.37. The molecule has 3 aromatic carbocycles. The first-order chi connectivity index (χ1) is 15.9. The molecule has 0 bridgehead atoms. The van der Waals surface area contributed by atoms with Gasteiger partial charge in [0, 0.05) is 5.56 Å². The number of nitrogens with zero attached hydrogens (tertiary/aromatic N) is 2. The highest BCUT2D eigenvalue weighted by atomic mass is 32.2. The lowest BCUT2D eigenvalue weighted by Crippen LogP contribution is -2.28. The summed E-state index contributed by atoms with van der Waals surface area (Å²) in [5, 5.41) is 12.0. The van der Waals surface area contributed by atoms with E-state index < -0.39 is 5.97 Å². The predicted molar refractivity (Wildman–Crippen MR) is 130 cm³/mol. The van der Waals surface area contributed by atoms with Crippen molar-refractivity contribution in [3.05, 3.63) is 93.9 Å². The Bertz CT molecular complexity index is 1280. The summed E-state index contributed by atoms with van der Waals surface area (Å²) in [6.07, 6.45) is 1.65. The third kappa shape index (κ3) is 4.83. The van der Waals surface area contributed by atoms with Crippen molar-refractivity contribution in [2.45, 2.75) is 13.8 Å². The molecule has 6 nitrogen and oxygen atoms in total. The molecule has 0 atom stereocenters. The van der Waals surface area contributed by atoms with Crippen molar-refractivity contribution in [1.82, 2.24) is 0 Å². The number of carboxylic acids is 1. The molecular formula is C26H21N2O4S-. The van der Waals surface area contributed by atoms with E-state index >= 15 is 0 Å². The SMILES string of the molecule is COc1ccc(/C=C2\SC(=Nc3ccc(C)cc3)N(c3ccc(C)cc3)C2=O)cc1C(=O)[O-]. The highest BCUT2D eigenvalue weighted by molar-refractivity contribution is 8.19. The fourth-order valence-corrected chi connectivity index (χ4v) is 4.33. The van der Waals surface area contributed by atoms with Crippen molar-refractivity contribution in [2.75, 3.05) is 12.0 Å². The van der Waals surface area contributed by atoms with Crippen LogP contribution < -0.4 is 14.7 Å². The number of amides is 1. The quantitative estimate of drug-likeness (QED) is 0.528. The fraction of sp³-hybridized carbons (Fsp3) is 0.115. The Hall–Kier alpha value is -3.84. The number of aromatic carboxylic acids is 1. The molecule has 1 aliphatic rings. The number of aliphatic imine (C=N–C) groups is 1. The molecule has 0 saturated carbocycles. The van der Waals surface area contributed by atoms with Crippen LogP contribution in [-0.4, -0.2) is 24.2 Å². The molecule has 1 fully saturated rings. The molecule has 0 unspecified atom stereocenters. The average molecular weight is 458 g/mol. The summed E-state index contributed by atoms with van der Waals surface area (Å²) in [6.45, 7) is 3.98. The van der Waals surface area contributed by atoms with Gasteiger partial charge in [-0.1, -0.05) is 41.5 Å². The van der Waals surface area contributed by atoms with E-state index in [1.54, 1.807) is 23.1 Å². The molecule has 1 aliphatic heterocycles. The van der Waals surface area contributed by atoms with Gasteiger partial charge in [0.2, 0.25) is 0 Å². The number of hydrogen-bond acceptors (Lipinski definition) is 6. The standard InChI is InChI=1S/C26H22N2O4S/c1-16-4-9-19(10-5-16)27-26-28(20-11-6-17(2)7-12-20)24(29)23(33-26)15-18-8-13-22(32-3)21(14-18)25(30)31/h4-15H,1-3H3,(H,30,31)/p-1/b23-15-,27-26?. The van der Waals surface area contributed by atoms with Crippen molar-refractivity contribution in [3.8, 4) is 5.75 Å². The average Bonchev–Trinajstić information content (AvgIpc) is 3.10. The summed E-state index contributed by atoms with van der Waals surface area (Å²) in [4.78, 5) is 31.6. The van der Waals surface area contributed by atoms with Gasteiger partial charge in [-0.05, 0) is 73.6 Å². The summed E-state index contributed by atoms with van der Waals surface area (Å²) in [5.74, 6) is -1.38. The second-order valence-electron chi connectivity index (χ2n) is 7.56. The number of hydrogen-bond donors (Lipinski definition) is 0. The second-order valence-corrected chi connectivity index (χ2v) is 8.57. The number of amidine groups is 1. The van der Waals surface area contributed by atoms with Gasteiger partial charge in [-0.25, -0.2) is 4.99 Å². The topological polar surface area (TPSA) is 82.0 Å². The van der Waals surface area contributed by atoms with E-state index in [9.17, 15) is 14.7 Å². The molecule has 3 aromatic rings. The Morgan fingerprint density at radius 3 is 2.24 bits per heavy atom. The Morgan fingerprint density at radius 1 is 1.00 bits per heavy atom. The Balaban J connectivity index is 1.77. The van der Waals surface area contributed by atoms with E-state index in [0.29, 0.717) is 21.3 Å². The number of benzene rings is 3. The summed E-state index contributed by atoms with van der Waals surface area (Å²) in [6, 6.07) is 20.0. The lowest BCUT2D eigenvalue weighted by atomic mass is 10.1. The number of methoxy groups -OCH3 is 1. The summed E-state index contributed by atoms with van der Waals surface area (Å²) >= 11 is 1.24. The van der Waals surface area contributed by atoms with Crippen LogP contribution >= 0.6 is 11.8 Å². The Morgan fingerprint density at radius 2 is 1.64 bits per heavy atom. The maximum Gasteiger partial charge on any atom is 0.271 e. The molecule has 0 N–H and O–H groups in total. The number of carbonyl (C=O) groups is 2. The van der Waals surface area contributed by atoms with Gasteiger partial charge in [0.1, 0.15) is 5.75 Å². The molecule has 7 heteroatoms. The summed E-state index contributed by atoms with van der Waals surface area (Å²) in [7, 11) is 1.39. The monoisotopic (exact) mass is 457 g/mol. The third-order valence-corrected chi connectivity index (χ3v) is 6.07. The van der Waals surface area contributed by atoms with Crippen LogP contribution in [0.4, 0.5) is 11.4 Å². The maximum atomic E-state index is 13.4. The minimum Gasteiger partial charge on any atom is -0.545 e. The smallest absolute Gasteiger partial charge is 0.271 e. The van der Waals surface area contributed by atoms with E-state index in [2.05, 4.69) is 0 Å². The number of rotatable bonds is 5. The van der Waals surface area contributed by atoms with Gasteiger partial charge in [0.15, 0.2) is 5.17 Å². The van der Waals surface area contributed by atoms with E-state index in [0.717, 1.165) is 16.8 Å². The van der Waals surface area contributed by atoms with Crippen LogP contribution in [0.25, 0.3) is 6.08 Å². The van der Waals surface area contributed by atoms with Crippen LogP contribution in [0.1, 0.15) is 27.0 Å². The molecule has 0 aromatic heterocycles. The van der Waals surface area contributed by atoms with Crippen LogP contribution in [0.2, 0.25) is 0 Å². The maximum absolute atomic E-state index is 13.4. The van der Waals surface area contributed by atoms with Crippen molar-refractivity contribution >= 4 is 46.3 Å². The van der Waals surface area contributed by atoms with Crippen molar-refractivity contribution in [2.24, 2.45) is 4.99 Å². The number of carboxylic acid groups (broad SMARTS) is 1. The summed E-state index contributed by atoms with van der Waals surface area (Å²) in [5.41, 5.74) is 4.11. The van der Waals surface area contributed by atoms with Gasteiger partial charge in [0.05, 0.1) is 29.4 Å². The van der Waals surface area contributed by atoms with Crippen LogP contribution in [-0.2, 0) is 4.79 Å². The second kappa shape index (κ2) is 9.34. The first kappa shape index (κ1) is 22.4. The normalized spacial score (nSPS) is 16.0. The zero-order valence-electron chi connectivity index (χ0n) is 18.4. The number of ether oxygens (including phenoxy) is 1. The van der Waals surface area contributed by atoms with Crippen molar-refractivity contribution < 1.29 is 19.4 Å². The number of aryl methyl sites for hydroxylation is 2. The lowest BCUT2D eigenvalue weighted by molar-refractivity contribution is -0.255. The van der Waals surface area contributed by atoms with Gasteiger partial charge in [-0.15, -0.1) is 0 Å². The van der Waals surface area contributed by atoms with Crippen molar-refractivity contribution in [3.63, 3.8) is 0 Å². The molecule has 166 valence electrons. The van der Waals surface area contributed by atoms with Gasteiger partial charge < -0.3 is 14.6 Å². The number of thioether (sulfide) groups is 1. The predicted octanol–water partition coefficient (Wildman–Crippen LogP) is 4.48. The zero-order valence-corrected chi connectivity index (χ0v) is 19.2. The Kier molecular flexibility index (Phi) is 6.33. The molecule has 1 heterocycles. The van der Waals surface area contributed by atoms with E-state index in [-0.39, 0.29) is 17.2 Å². The molecule has 4 rings (SSSR count). The van der Waals surface area contributed by atoms with Crippen LogP contribution in [0.5, 0.6) is 5.75 Å². The molecule has 1 amide bonds. The molecule has 33 heavy (non-hydrogen) atoms. The van der Waals surface area contributed by atoms with E-state index in [1.165, 1.54) is 24.9 Å². The Labute approximate surface area is 196 Å². The van der Waals surface area contributed by atoms with Gasteiger partial charge in [-0.2, -0.15) is 0 Å². The van der Waals surface area contributed by atoms with Gasteiger partial charge >= 0.3 is 0 Å². The van der Waals surface area contributed by atoms with Gasteiger partial charge in [0.25, 0.3) is 5.91 Å². The largest absolute Gasteiger partial charge is 0.545 e. The lowest BCUT2D eigenvalue weighted by Gasteiger charge is -2.16. The van der Waals surface area contributed by atoms with Crippen LogP contribution in [0.3, 0.4) is 0 Å². The number of anilines is 1. The molecule has 0 radical (unpaired) electrons.